The molecule has 0 radical (unpaired) electrons. The first kappa shape index (κ1) is 15.0. The molecule has 0 bridgehead atoms. The highest BCUT2D eigenvalue weighted by atomic mass is 79.9. The Labute approximate surface area is 124 Å². The number of halogens is 1. The van der Waals surface area contributed by atoms with E-state index in [0.29, 0.717) is 12.6 Å². The van der Waals surface area contributed by atoms with Crippen LogP contribution in [-0.2, 0) is 4.74 Å². The third kappa shape index (κ3) is 4.04. The maximum atomic E-state index is 6.29. The van der Waals surface area contributed by atoms with Gasteiger partial charge in [-0.3, -0.25) is 0 Å². The Kier molecular flexibility index (Phi) is 5.43. The van der Waals surface area contributed by atoms with Gasteiger partial charge in [-0.15, -0.1) is 0 Å². The summed E-state index contributed by atoms with van der Waals surface area (Å²) in [6.45, 7) is 5.17. The summed E-state index contributed by atoms with van der Waals surface area (Å²) in [5.41, 5.74) is 7.08. The summed E-state index contributed by atoms with van der Waals surface area (Å²) >= 11 is 3.59. The van der Waals surface area contributed by atoms with Crippen molar-refractivity contribution in [2.45, 2.75) is 45.3 Å². The summed E-state index contributed by atoms with van der Waals surface area (Å²) in [6, 6.07) is 8.20. The van der Waals surface area contributed by atoms with Crippen LogP contribution >= 0.6 is 15.9 Å². The van der Waals surface area contributed by atoms with Gasteiger partial charge in [0.25, 0.3) is 0 Å². The van der Waals surface area contributed by atoms with Crippen LogP contribution in [0.15, 0.2) is 28.7 Å². The lowest BCUT2D eigenvalue weighted by atomic mass is 9.81. The molecule has 0 aromatic heterocycles. The normalized spacial score (nSPS) is 29.2. The van der Waals surface area contributed by atoms with Gasteiger partial charge in [0, 0.05) is 11.0 Å². The molecule has 1 aliphatic rings. The zero-order valence-electron chi connectivity index (χ0n) is 11.8. The summed E-state index contributed by atoms with van der Waals surface area (Å²) in [5, 5.41) is 0. The molecule has 1 aromatic carbocycles. The van der Waals surface area contributed by atoms with Crippen LogP contribution < -0.4 is 5.73 Å². The average molecular weight is 326 g/mol. The molecule has 2 nitrogen and oxygen atoms in total. The molecular weight excluding hydrogens is 302 g/mol. The van der Waals surface area contributed by atoms with E-state index in [4.69, 9.17) is 10.5 Å². The third-order valence-corrected chi connectivity index (χ3v) is 4.68. The van der Waals surface area contributed by atoms with Crippen LogP contribution in [0.4, 0.5) is 0 Å². The van der Waals surface area contributed by atoms with Gasteiger partial charge >= 0.3 is 0 Å². The van der Waals surface area contributed by atoms with Crippen LogP contribution in [0.1, 0.15) is 44.8 Å². The Morgan fingerprint density at radius 3 is 2.42 bits per heavy atom. The highest BCUT2D eigenvalue weighted by Gasteiger charge is 2.27. The molecule has 0 amide bonds. The molecule has 0 heterocycles. The van der Waals surface area contributed by atoms with Crippen molar-refractivity contribution in [3.05, 3.63) is 34.3 Å². The lowest BCUT2D eigenvalue weighted by Gasteiger charge is -2.34. The van der Waals surface area contributed by atoms with Crippen LogP contribution in [0, 0.1) is 11.8 Å². The topological polar surface area (TPSA) is 35.2 Å². The van der Waals surface area contributed by atoms with Crippen LogP contribution in [0.25, 0.3) is 0 Å². The number of ether oxygens (including phenoxy) is 1. The van der Waals surface area contributed by atoms with Crippen molar-refractivity contribution in [1.29, 1.82) is 0 Å². The van der Waals surface area contributed by atoms with E-state index in [1.54, 1.807) is 0 Å². The fourth-order valence-electron chi connectivity index (χ4n) is 3.21. The monoisotopic (exact) mass is 325 g/mol. The van der Waals surface area contributed by atoms with Crippen LogP contribution in [0.2, 0.25) is 0 Å². The predicted octanol–water partition coefficient (Wildman–Crippen LogP) is 4.29. The summed E-state index contributed by atoms with van der Waals surface area (Å²) < 4.78 is 7.38. The van der Waals surface area contributed by atoms with Crippen molar-refractivity contribution in [1.82, 2.24) is 0 Å². The highest BCUT2D eigenvalue weighted by molar-refractivity contribution is 9.10. The van der Waals surface area contributed by atoms with Gasteiger partial charge in [0.2, 0.25) is 0 Å². The summed E-state index contributed by atoms with van der Waals surface area (Å²) in [5.74, 6) is 1.51. The van der Waals surface area contributed by atoms with Gasteiger partial charge < -0.3 is 10.5 Å². The molecule has 0 aliphatic heterocycles. The number of hydrogen-bond acceptors (Lipinski definition) is 2. The minimum Gasteiger partial charge on any atom is -0.369 e. The summed E-state index contributed by atoms with van der Waals surface area (Å²) in [7, 11) is 0. The molecule has 3 atom stereocenters. The van der Waals surface area contributed by atoms with E-state index in [2.05, 4.69) is 35.8 Å². The molecule has 3 heteroatoms. The summed E-state index contributed by atoms with van der Waals surface area (Å²) in [4.78, 5) is 0. The maximum Gasteiger partial charge on any atom is 0.0961 e. The van der Waals surface area contributed by atoms with E-state index in [1.165, 1.54) is 6.42 Å². The predicted molar refractivity (Wildman–Crippen MR) is 83.0 cm³/mol. The maximum absolute atomic E-state index is 6.29. The molecular formula is C16H24BrNO. The van der Waals surface area contributed by atoms with Gasteiger partial charge in [-0.05, 0) is 42.7 Å². The van der Waals surface area contributed by atoms with E-state index in [9.17, 15) is 0 Å². The lowest BCUT2D eigenvalue weighted by Crippen LogP contribution is -2.30. The van der Waals surface area contributed by atoms with Crippen LogP contribution in [0.5, 0.6) is 0 Å². The number of benzene rings is 1. The van der Waals surface area contributed by atoms with Crippen molar-refractivity contribution < 1.29 is 4.74 Å². The van der Waals surface area contributed by atoms with Gasteiger partial charge in [0.05, 0.1) is 12.2 Å². The second-order valence-corrected chi connectivity index (χ2v) is 6.78. The second kappa shape index (κ2) is 6.87. The van der Waals surface area contributed by atoms with Gasteiger partial charge in [-0.2, -0.15) is 0 Å². The Balaban J connectivity index is 2.05. The first-order valence-electron chi connectivity index (χ1n) is 7.20. The number of rotatable bonds is 4. The van der Waals surface area contributed by atoms with Crippen LogP contribution in [0.3, 0.4) is 0 Å². The van der Waals surface area contributed by atoms with Gasteiger partial charge in [-0.25, -0.2) is 0 Å². The van der Waals surface area contributed by atoms with E-state index in [0.717, 1.165) is 34.7 Å². The summed E-state index contributed by atoms with van der Waals surface area (Å²) in [6.07, 6.45) is 3.98. The number of hydrogen-bond donors (Lipinski definition) is 1. The van der Waals surface area contributed by atoms with Gasteiger partial charge in [-0.1, -0.05) is 48.0 Å². The minimum atomic E-state index is -0.00178. The molecule has 1 aromatic rings. The van der Waals surface area contributed by atoms with E-state index >= 15 is 0 Å². The Hall–Kier alpha value is -0.380. The number of nitrogens with two attached hydrogens (primary N) is 1. The molecule has 1 aliphatic carbocycles. The molecule has 0 spiro atoms. The molecule has 1 fully saturated rings. The van der Waals surface area contributed by atoms with Crippen molar-refractivity contribution in [2.24, 2.45) is 17.6 Å². The standard InChI is InChI=1S/C16H24BrNO/c1-11-7-12(2)9-13(8-11)19-16(10-18)14-5-3-4-6-15(14)17/h3-6,11-13,16H,7-10,18H2,1-2H3. The Morgan fingerprint density at radius 2 is 1.84 bits per heavy atom. The SMILES string of the molecule is CC1CC(C)CC(OC(CN)c2ccccc2Br)C1. The van der Waals surface area contributed by atoms with Crippen molar-refractivity contribution >= 4 is 15.9 Å². The minimum absolute atomic E-state index is 0.00178. The molecule has 2 N–H and O–H groups in total. The Bertz CT molecular complexity index is 399. The van der Waals surface area contributed by atoms with Gasteiger partial charge in [0.1, 0.15) is 0 Å². The van der Waals surface area contributed by atoms with Crippen molar-refractivity contribution in [3.8, 4) is 0 Å². The zero-order chi connectivity index (χ0) is 13.8. The highest BCUT2D eigenvalue weighted by Crippen LogP contribution is 2.34. The third-order valence-electron chi connectivity index (χ3n) is 3.96. The van der Waals surface area contributed by atoms with Gasteiger partial charge in [0.15, 0.2) is 0 Å². The first-order valence-corrected chi connectivity index (χ1v) is 7.99. The largest absolute Gasteiger partial charge is 0.369 e. The van der Waals surface area contributed by atoms with E-state index < -0.39 is 0 Å². The average Bonchev–Trinajstić information content (AvgIpc) is 2.36. The second-order valence-electron chi connectivity index (χ2n) is 5.92. The quantitative estimate of drug-likeness (QED) is 0.896. The fourth-order valence-corrected chi connectivity index (χ4v) is 3.75. The first-order chi connectivity index (χ1) is 9.10. The molecule has 2 rings (SSSR count). The van der Waals surface area contributed by atoms with Crippen LogP contribution in [-0.4, -0.2) is 12.6 Å². The molecule has 0 saturated heterocycles. The molecule has 106 valence electrons. The van der Waals surface area contributed by atoms with Crippen molar-refractivity contribution in [2.75, 3.05) is 6.54 Å². The molecule has 3 unspecified atom stereocenters. The smallest absolute Gasteiger partial charge is 0.0961 e. The molecule has 1 saturated carbocycles. The Morgan fingerprint density at radius 1 is 1.21 bits per heavy atom. The van der Waals surface area contributed by atoms with E-state index in [1.807, 2.05) is 18.2 Å². The molecule has 19 heavy (non-hydrogen) atoms. The lowest BCUT2D eigenvalue weighted by molar-refractivity contribution is -0.0468. The zero-order valence-corrected chi connectivity index (χ0v) is 13.4. The fraction of sp³-hybridized carbons (Fsp3) is 0.625. The van der Waals surface area contributed by atoms with Crippen molar-refractivity contribution in [3.63, 3.8) is 0 Å². The van der Waals surface area contributed by atoms with E-state index in [-0.39, 0.29) is 6.10 Å².